The Morgan fingerprint density at radius 2 is 1.89 bits per heavy atom. The Labute approximate surface area is 112 Å². The van der Waals surface area contributed by atoms with E-state index < -0.39 is 0 Å². The molecule has 3 unspecified atom stereocenters. The van der Waals surface area contributed by atoms with Gasteiger partial charge in [-0.1, -0.05) is 40.0 Å². The SMILES string of the molecule is CC(C)C(C)NC(=O)CNCC1CCCCC1C. The van der Waals surface area contributed by atoms with Crippen LogP contribution in [0.25, 0.3) is 0 Å². The van der Waals surface area contributed by atoms with Crippen molar-refractivity contribution in [3.63, 3.8) is 0 Å². The molecule has 0 heterocycles. The number of amides is 1. The lowest BCUT2D eigenvalue weighted by Gasteiger charge is -2.29. The van der Waals surface area contributed by atoms with Gasteiger partial charge >= 0.3 is 0 Å². The van der Waals surface area contributed by atoms with Crippen molar-refractivity contribution in [1.82, 2.24) is 10.6 Å². The largest absolute Gasteiger partial charge is 0.352 e. The summed E-state index contributed by atoms with van der Waals surface area (Å²) in [5, 5.41) is 6.34. The van der Waals surface area contributed by atoms with Gasteiger partial charge in [0.05, 0.1) is 6.54 Å². The van der Waals surface area contributed by atoms with Crippen LogP contribution in [-0.2, 0) is 4.79 Å². The van der Waals surface area contributed by atoms with Crippen molar-refractivity contribution in [3.8, 4) is 0 Å². The van der Waals surface area contributed by atoms with Crippen LogP contribution in [0, 0.1) is 17.8 Å². The van der Waals surface area contributed by atoms with Gasteiger partial charge in [0.1, 0.15) is 0 Å². The first-order valence-corrected chi connectivity index (χ1v) is 7.50. The third kappa shape index (κ3) is 5.38. The van der Waals surface area contributed by atoms with Crippen molar-refractivity contribution in [2.75, 3.05) is 13.1 Å². The predicted molar refractivity (Wildman–Crippen MR) is 76.4 cm³/mol. The average Bonchev–Trinajstić information content (AvgIpc) is 2.31. The molecule has 106 valence electrons. The molecule has 18 heavy (non-hydrogen) atoms. The van der Waals surface area contributed by atoms with Crippen molar-refractivity contribution in [2.45, 2.75) is 59.4 Å². The van der Waals surface area contributed by atoms with E-state index in [1.54, 1.807) is 0 Å². The van der Waals surface area contributed by atoms with Gasteiger partial charge in [-0.25, -0.2) is 0 Å². The van der Waals surface area contributed by atoms with E-state index >= 15 is 0 Å². The molecule has 3 atom stereocenters. The third-order valence-electron chi connectivity index (χ3n) is 4.37. The van der Waals surface area contributed by atoms with Gasteiger partial charge < -0.3 is 10.6 Å². The first-order chi connectivity index (χ1) is 8.50. The van der Waals surface area contributed by atoms with Crippen LogP contribution in [0.15, 0.2) is 0 Å². The molecular weight excluding hydrogens is 224 g/mol. The van der Waals surface area contributed by atoms with Gasteiger partial charge in [0.2, 0.25) is 5.91 Å². The highest BCUT2D eigenvalue weighted by molar-refractivity contribution is 5.78. The minimum Gasteiger partial charge on any atom is -0.352 e. The van der Waals surface area contributed by atoms with Gasteiger partial charge in [0.25, 0.3) is 0 Å². The molecule has 0 aromatic rings. The van der Waals surface area contributed by atoms with E-state index in [0.29, 0.717) is 12.5 Å². The monoisotopic (exact) mass is 254 g/mol. The Morgan fingerprint density at radius 3 is 2.50 bits per heavy atom. The second kappa shape index (κ2) is 7.78. The van der Waals surface area contributed by atoms with Crippen LogP contribution in [0.3, 0.4) is 0 Å². The first kappa shape index (κ1) is 15.5. The maximum absolute atomic E-state index is 11.7. The van der Waals surface area contributed by atoms with E-state index in [4.69, 9.17) is 0 Å². The Kier molecular flexibility index (Phi) is 6.69. The molecule has 2 N–H and O–H groups in total. The molecular formula is C15H30N2O. The number of hydrogen-bond donors (Lipinski definition) is 2. The van der Waals surface area contributed by atoms with Gasteiger partial charge in [-0.15, -0.1) is 0 Å². The zero-order chi connectivity index (χ0) is 13.5. The molecule has 1 rings (SSSR count). The van der Waals surface area contributed by atoms with E-state index in [-0.39, 0.29) is 11.9 Å². The van der Waals surface area contributed by atoms with E-state index in [0.717, 1.165) is 18.4 Å². The molecule has 1 aliphatic rings. The molecule has 0 aromatic heterocycles. The molecule has 1 fully saturated rings. The average molecular weight is 254 g/mol. The van der Waals surface area contributed by atoms with Crippen LogP contribution in [0.1, 0.15) is 53.4 Å². The summed E-state index contributed by atoms with van der Waals surface area (Å²) >= 11 is 0. The highest BCUT2D eigenvalue weighted by atomic mass is 16.1. The second-order valence-corrected chi connectivity index (χ2v) is 6.25. The van der Waals surface area contributed by atoms with Crippen LogP contribution in [0.4, 0.5) is 0 Å². The van der Waals surface area contributed by atoms with Gasteiger partial charge in [-0.2, -0.15) is 0 Å². The Bertz CT molecular complexity index is 253. The predicted octanol–water partition coefficient (Wildman–Crippen LogP) is 2.56. The summed E-state index contributed by atoms with van der Waals surface area (Å²) in [5.41, 5.74) is 0. The standard InChI is InChI=1S/C15H30N2O/c1-11(2)13(4)17-15(18)10-16-9-14-8-6-5-7-12(14)3/h11-14,16H,5-10H2,1-4H3,(H,17,18). The normalized spacial score (nSPS) is 26.1. The quantitative estimate of drug-likeness (QED) is 0.765. The van der Waals surface area contributed by atoms with Crippen molar-refractivity contribution in [2.24, 2.45) is 17.8 Å². The topological polar surface area (TPSA) is 41.1 Å². The number of carbonyl (C=O) groups is 1. The van der Waals surface area contributed by atoms with Gasteiger partial charge in [-0.3, -0.25) is 4.79 Å². The molecule has 1 saturated carbocycles. The van der Waals surface area contributed by atoms with Crippen LogP contribution >= 0.6 is 0 Å². The first-order valence-electron chi connectivity index (χ1n) is 7.50. The second-order valence-electron chi connectivity index (χ2n) is 6.25. The molecule has 1 aliphatic carbocycles. The highest BCUT2D eigenvalue weighted by Gasteiger charge is 2.21. The fraction of sp³-hybridized carbons (Fsp3) is 0.933. The van der Waals surface area contributed by atoms with Crippen molar-refractivity contribution < 1.29 is 4.79 Å². The lowest BCUT2D eigenvalue weighted by Crippen LogP contribution is -2.42. The fourth-order valence-corrected chi connectivity index (χ4v) is 2.54. The summed E-state index contributed by atoms with van der Waals surface area (Å²) < 4.78 is 0. The Hall–Kier alpha value is -0.570. The molecule has 0 aliphatic heterocycles. The molecule has 0 spiro atoms. The lowest BCUT2D eigenvalue weighted by molar-refractivity contribution is -0.121. The van der Waals surface area contributed by atoms with E-state index in [1.165, 1.54) is 25.7 Å². The third-order valence-corrected chi connectivity index (χ3v) is 4.37. The van der Waals surface area contributed by atoms with Crippen LogP contribution in [0.2, 0.25) is 0 Å². The number of hydrogen-bond acceptors (Lipinski definition) is 2. The van der Waals surface area contributed by atoms with Gasteiger partial charge in [0, 0.05) is 6.04 Å². The van der Waals surface area contributed by atoms with Gasteiger partial charge in [-0.05, 0) is 37.6 Å². The summed E-state index contributed by atoms with van der Waals surface area (Å²) in [6.07, 6.45) is 5.40. The summed E-state index contributed by atoms with van der Waals surface area (Å²) in [4.78, 5) is 11.7. The summed E-state index contributed by atoms with van der Waals surface area (Å²) in [7, 11) is 0. The Morgan fingerprint density at radius 1 is 1.22 bits per heavy atom. The number of rotatable bonds is 6. The minimum atomic E-state index is 0.125. The Balaban J connectivity index is 2.15. The molecule has 3 nitrogen and oxygen atoms in total. The van der Waals surface area contributed by atoms with Crippen molar-refractivity contribution >= 4 is 5.91 Å². The summed E-state index contributed by atoms with van der Waals surface area (Å²) in [6, 6.07) is 0.257. The molecule has 3 heteroatoms. The van der Waals surface area contributed by atoms with E-state index in [9.17, 15) is 4.79 Å². The molecule has 0 saturated heterocycles. The lowest BCUT2D eigenvalue weighted by atomic mass is 9.80. The van der Waals surface area contributed by atoms with Crippen LogP contribution in [-0.4, -0.2) is 25.0 Å². The van der Waals surface area contributed by atoms with Gasteiger partial charge in [0.15, 0.2) is 0 Å². The maximum Gasteiger partial charge on any atom is 0.234 e. The van der Waals surface area contributed by atoms with Crippen LogP contribution < -0.4 is 10.6 Å². The van der Waals surface area contributed by atoms with E-state index in [1.807, 2.05) is 0 Å². The molecule has 0 bridgehead atoms. The van der Waals surface area contributed by atoms with Crippen molar-refractivity contribution in [1.29, 1.82) is 0 Å². The fourth-order valence-electron chi connectivity index (χ4n) is 2.54. The highest BCUT2D eigenvalue weighted by Crippen LogP contribution is 2.28. The summed E-state index contributed by atoms with van der Waals surface area (Å²) in [5.74, 6) is 2.19. The maximum atomic E-state index is 11.7. The smallest absolute Gasteiger partial charge is 0.234 e. The van der Waals surface area contributed by atoms with Crippen molar-refractivity contribution in [3.05, 3.63) is 0 Å². The number of carbonyl (C=O) groups excluding carboxylic acids is 1. The van der Waals surface area contributed by atoms with Crippen LogP contribution in [0.5, 0.6) is 0 Å². The van der Waals surface area contributed by atoms with E-state index in [2.05, 4.69) is 38.3 Å². The minimum absolute atomic E-state index is 0.125. The molecule has 0 aromatic carbocycles. The zero-order valence-electron chi connectivity index (χ0n) is 12.5. The molecule has 0 radical (unpaired) electrons. The zero-order valence-corrected chi connectivity index (χ0v) is 12.5. The summed E-state index contributed by atoms with van der Waals surface area (Å²) in [6.45, 7) is 10.1. The number of nitrogens with one attached hydrogen (secondary N) is 2. The molecule has 1 amide bonds.